The minimum absolute atomic E-state index is 0.0680. The lowest BCUT2D eigenvalue weighted by atomic mass is 10.0. The van der Waals surface area contributed by atoms with Crippen molar-refractivity contribution in [2.75, 3.05) is 27.2 Å². The van der Waals surface area contributed by atoms with Crippen molar-refractivity contribution in [3.8, 4) is 11.1 Å². The fourth-order valence-corrected chi connectivity index (χ4v) is 3.72. The first-order chi connectivity index (χ1) is 13.0. The van der Waals surface area contributed by atoms with Crippen LogP contribution < -0.4 is 0 Å². The average Bonchev–Trinajstić information content (AvgIpc) is 3.32. The Hall–Kier alpha value is -2.70. The molecule has 0 bridgehead atoms. The van der Waals surface area contributed by atoms with Gasteiger partial charge in [0.05, 0.1) is 11.0 Å². The number of carbonyl (C=O) groups is 1. The second-order valence-corrected chi connectivity index (χ2v) is 7.27. The van der Waals surface area contributed by atoms with E-state index in [1.54, 1.807) is 0 Å². The number of fused-ring (bicyclic) bond motifs is 1. The summed E-state index contributed by atoms with van der Waals surface area (Å²) in [6.45, 7) is 1.86. The second-order valence-electron chi connectivity index (χ2n) is 7.27. The van der Waals surface area contributed by atoms with E-state index in [0.29, 0.717) is 11.4 Å². The van der Waals surface area contributed by atoms with Crippen LogP contribution in [0.5, 0.6) is 0 Å². The van der Waals surface area contributed by atoms with Crippen molar-refractivity contribution in [1.82, 2.24) is 19.8 Å². The van der Waals surface area contributed by atoms with Gasteiger partial charge in [0.15, 0.2) is 0 Å². The maximum Gasteiger partial charge on any atom is 0.253 e. The smallest absolute Gasteiger partial charge is 0.253 e. The van der Waals surface area contributed by atoms with E-state index in [1.807, 2.05) is 54.4 Å². The number of likely N-dealkylation sites (N-methyl/N-ethyl adjacent to an activating group) is 2. The number of aromatic amines is 1. The monoisotopic (exact) mass is 364 g/mol. The van der Waals surface area contributed by atoms with Crippen LogP contribution in [0.2, 0.25) is 0 Å². The van der Waals surface area contributed by atoms with E-state index >= 15 is 0 Å². The quantitative estimate of drug-likeness (QED) is 0.746. The van der Waals surface area contributed by atoms with Gasteiger partial charge in [-0.2, -0.15) is 0 Å². The standard InChI is InChI=1S/C21H24N4O2/c1-24-10-9-17(12-24)25(2)21(27)15-5-3-14(4-6-15)16-7-8-18-19(11-16)23-20(13-26)22-18/h3-8,11,17,26H,9-10,12-13H2,1-2H3,(H,22,23)/t17-/m0/s1. The Balaban J connectivity index is 1.54. The number of aliphatic hydroxyl groups excluding tert-OH is 1. The zero-order valence-electron chi connectivity index (χ0n) is 15.6. The van der Waals surface area contributed by atoms with Crippen molar-refractivity contribution >= 4 is 16.9 Å². The van der Waals surface area contributed by atoms with Gasteiger partial charge in [0.2, 0.25) is 0 Å². The van der Waals surface area contributed by atoms with Crippen molar-refractivity contribution < 1.29 is 9.90 Å². The van der Waals surface area contributed by atoms with Gasteiger partial charge in [-0.15, -0.1) is 0 Å². The minimum atomic E-state index is -0.106. The molecule has 3 aromatic rings. The number of hydrogen-bond donors (Lipinski definition) is 2. The Kier molecular flexibility index (Phi) is 4.68. The SMILES string of the molecule is CN1CC[C@H](N(C)C(=O)c2ccc(-c3ccc4nc(CO)[nH]c4c3)cc2)C1. The third kappa shape index (κ3) is 3.46. The summed E-state index contributed by atoms with van der Waals surface area (Å²) in [6, 6.07) is 14.0. The van der Waals surface area contributed by atoms with Crippen LogP contribution in [-0.4, -0.2) is 64.0 Å². The molecule has 1 aliphatic rings. The maximum atomic E-state index is 12.8. The molecule has 6 nitrogen and oxygen atoms in total. The molecule has 0 unspecified atom stereocenters. The van der Waals surface area contributed by atoms with E-state index in [-0.39, 0.29) is 18.6 Å². The van der Waals surface area contributed by atoms with E-state index < -0.39 is 0 Å². The molecule has 6 heteroatoms. The van der Waals surface area contributed by atoms with Crippen LogP contribution in [0.1, 0.15) is 22.6 Å². The molecule has 1 saturated heterocycles. The van der Waals surface area contributed by atoms with Gasteiger partial charge >= 0.3 is 0 Å². The first kappa shape index (κ1) is 17.7. The number of aromatic nitrogens is 2. The fourth-order valence-electron chi connectivity index (χ4n) is 3.72. The summed E-state index contributed by atoms with van der Waals surface area (Å²) in [5, 5.41) is 9.21. The highest BCUT2D eigenvalue weighted by Gasteiger charge is 2.26. The lowest BCUT2D eigenvalue weighted by Crippen LogP contribution is -2.38. The third-order valence-corrected chi connectivity index (χ3v) is 5.38. The predicted molar refractivity (Wildman–Crippen MR) is 105 cm³/mol. The molecule has 1 atom stereocenters. The third-order valence-electron chi connectivity index (χ3n) is 5.38. The summed E-state index contributed by atoms with van der Waals surface area (Å²) in [5.41, 5.74) is 4.51. The van der Waals surface area contributed by atoms with Crippen LogP contribution >= 0.6 is 0 Å². The van der Waals surface area contributed by atoms with E-state index in [0.717, 1.165) is 41.7 Å². The molecule has 1 fully saturated rings. The van der Waals surface area contributed by atoms with Crippen molar-refractivity contribution in [1.29, 1.82) is 0 Å². The molecule has 140 valence electrons. The zero-order chi connectivity index (χ0) is 19.0. The van der Waals surface area contributed by atoms with Gasteiger partial charge in [-0.1, -0.05) is 18.2 Å². The van der Waals surface area contributed by atoms with Gasteiger partial charge in [-0.05, 0) is 55.4 Å². The van der Waals surface area contributed by atoms with Crippen molar-refractivity contribution in [2.24, 2.45) is 0 Å². The van der Waals surface area contributed by atoms with E-state index in [9.17, 15) is 9.90 Å². The van der Waals surface area contributed by atoms with Gasteiger partial charge in [-0.3, -0.25) is 4.79 Å². The molecule has 0 spiro atoms. The summed E-state index contributed by atoms with van der Waals surface area (Å²) >= 11 is 0. The van der Waals surface area contributed by atoms with Crippen LogP contribution in [0.25, 0.3) is 22.2 Å². The molecule has 1 aliphatic heterocycles. The molecular formula is C21H24N4O2. The Morgan fingerprint density at radius 3 is 2.67 bits per heavy atom. The number of rotatable bonds is 4. The van der Waals surface area contributed by atoms with E-state index in [1.165, 1.54) is 0 Å². The number of aliphatic hydroxyl groups is 1. The molecule has 2 heterocycles. The Labute approximate surface area is 158 Å². The molecule has 1 aromatic heterocycles. The normalized spacial score (nSPS) is 17.5. The lowest BCUT2D eigenvalue weighted by molar-refractivity contribution is 0.0737. The summed E-state index contributed by atoms with van der Waals surface area (Å²) in [5.74, 6) is 0.627. The molecular weight excluding hydrogens is 340 g/mol. The number of likely N-dealkylation sites (tertiary alicyclic amines) is 1. The predicted octanol–water partition coefficient (Wildman–Crippen LogP) is 2.50. The van der Waals surface area contributed by atoms with E-state index in [2.05, 4.69) is 21.9 Å². The number of imidazole rings is 1. The second kappa shape index (κ2) is 7.13. The summed E-state index contributed by atoms with van der Waals surface area (Å²) < 4.78 is 0. The van der Waals surface area contributed by atoms with Gasteiger partial charge in [-0.25, -0.2) is 4.98 Å². The average molecular weight is 364 g/mol. The van der Waals surface area contributed by atoms with E-state index in [4.69, 9.17) is 0 Å². The van der Waals surface area contributed by atoms with Crippen molar-refractivity contribution in [3.63, 3.8) is 0 Å². The molecule has 27 heavy (non-hydrogen) atoms. The number of nitrogens with one attached hydrogen (secondary N) is 1. The number of hydrogen-bond acceptors (Lipinski definition) is 4. The number of nitrogens with zero attached hydrogens (tertiary/aromatic N) is 3. The molecule has 0 aliphatic carbocycles. The van der Waals surface area contributed by atoms with Gasteiger partial charge < -0.3 is 19.9 Å². The molecule has 0 radical (unpaired) electrons. The first-order valence-electron chi connectivity index (χ1n) is 9.21. The topological polar surface area (TPSA) is 72.5 Å². The summed E-state index contributed by atoms with van der Waals surface area (Å²) in [6.07, 6.45) is 1.02. The highest BCUT2D eigenvalue weighted by Crippen LogP contribution is 2.24. The Morgan fingerprint density at radius 1 is 1.26 bits per heavy atom. The largest absolute Gasteiger partial charge is 0.388 e. The lowest BCUT2D eigenvalue weighted by Gasteiger charge is -2.24. The number of H-pyrrole nitrogens is 1. The first-order valence-corrected chi connectivity index (χ1v) is 9.21. The minimum Gasteiger partial charge on any atom is -0.388 e. The molecule has 2 N–H and O–H groups in total. The molecule has 4 rings (SSSR count). The highest BCUT2D eigenvalue weighted by molar-refractivity contribution is 5.95. The van der Waals surface area contributed by atoms with Gasteiger partial charge in [0.25, 0.3) is 5.91 Å². The molecule has 2 aromatic carbocycles. The van der Waals surface area contributed by atoms with Crippen LogP contribution in [0.3, 0.4) is 0 Å². The van der Waals surface area contributed by atoms with Crippen LogP contribution in [-0.2, 0) is 6.61 Å². The number of benzene rings is 2. The summed E-state index contributed by atoms with van der Waals surface area (Å²) in [7, 11) is 3.98. The van der Waals surface area contributed by atoms with Crippen LogP contribution in [0.4, 0.5) is 0 Å². The molecule has 1 amide bonds. The van der Waals surface area contributed by atoms with Gasteiger partial charge in [0, 0.05) is 25.2 Å². The van der Waals surface area contributed by atoms with Crippen molar-refractivity contribution in [2.45, 2.75) is 19.1 Å². The van der Waals surface area contributed by atoms with Crippen LogP contribution in [0.15, 0.2) is 42.5 Å². The Morgan fingerprint density at radius 2 is 2.00 bits per heavy atom. The van der Waals surface area contributed by atoms with Crippen molar-refractivity contribution in [3.05, 3.63) is 53.9 Å². The number of amides is 1. The molecule has 0 saturated carbocycles. The summed E-state index contributed by atoms with van der Waals surface area (Å²) in [4.78, 5) is 24.3. The zero-order valence-corrected chi connectivity index (χ0v) is 15.6. The van der Waals surface area contributed by atoms with Gasteiger partial charge in [0.1, 0.15) is 12.4 Å². The fraction of sp³-hybridized carbons (Fsp3) is 0.333. The maximum absolute atomic E-state index is 12.8. The van der Waals surface area contributed by atoms with Crippen LogP contribution in [0, 0.1) is 0 Å². The number of carbonyl (C=O) groups excluding carboxylic acids is 1. The highest BCUT2D eigenvalue weighted by atomic mass is 16.3. The Bertz CT molecular complexity index is 964.